The average molecular weight is 365 g/mol. The number of hydrogen-bond acceptors (Lipinski definition) is 3. The standard InChI is InChI=1S/C19H22F3N3O/c20-19(21,22)14-8-9-16(23-10-14)25-11-15(17(24-25)12-6-7-12)18(26)13-4-2-1-3-5-13/h8-13,18,26H,1-7H2. The van der Waals surface area contributed by atoms with E-state index in [9.17, 15) is 18.3 Å². The maximum absolute atomic E-state index is 12.7. The molecule has 0 spiro atoms. The number of hydrogen-bond donors (Lipinski definition) is 1. The molecule has 0 aliphatic heterocycles. The van der Waals surface area contributed by atoms with Crippen LogP contribution in [0.2, 0.25) is 0 Å². The third-order valence-electron chi connectivity index (χ3n) is 5.46. The van der Waals surface area contributed by atoms with Crippen LogP contribution < -0.4 is 0 Å². The Morgan fingerprint density at radius 1 is 1.08 bits per heavy atom. The third kappa shape index (κ3) is 3.49. The Kier molecular flexibility index (Phi) is 4.50. The summed E-state index contributed by atoms with van der Waals surface area (Å²) in [5.74, 6) is 0.917. The molecule has 2 aliphatic rings. The summed E-state index contributed by atoms with van der Waals surface area (Å²) in [7, 11) is 0. The van der Waals surface area contributed by atoms with Crippen molar-refractivity contribution >= 4 is 0 Å². The van der Waals surface area contributed by atoms with Crippen LogP contribution in [0, 0.1) is 5.92 Å². The fraction of sp³-hybridized carbons (Fsp3) is 0.579. The molecule has 2 fully saturated rings. The van der Waals surface area contributed by atoms with Gasteiger partial charge in [-0.2, -0.15) is 18.3 Å². The number of pyridine rings is 1. The van der Waals surface area contributed by atoms with Crippen molar-refractivity contribution < 1.29 is 18.3 Å². The zero-order chi connectivity index (χ0) is 18.3. The maximum atomic E-state index is 12.7. The summed E-state index contributed by atoms with van der Waals surface area (Å²) in [5, 5.41) is 15.5. The first-order valence-corrected chi connectivity index (χ1v) is 9.24. The molecule has 4 rings (SSSR count). The van der Waals surface area contributed by atoms with Crippen molar-refractivity contribution in [1.29, 1.82) is 0 Å². The van der Waals surface area contributed by atoms with E-state index < -0.39 is 17.8 Å². The van der Waals surface area contributed by atoms with Crippen molar-refractivity contribution in [2.75, 3.05) is 0 Å². The molecule has 0 bridgehead atoms. The summed E-state index contributed by atoms with van der Waals surface area (Å²) in [6.45, 7) is 0. The number of rotatable bonds is 4. The SMILES string of the molecule is OC(c1cn(-c2ccc(C(F)(F)F)cn2)nc1C1CC1)C1CCCCC1. The monoisotopic (exact) mass is 365 g/mol. The van der Waals surface area contributed by atoms with Gasteiger partial charge in [0.05, 0.1) is 17.4 Å². The van der Waals surface area contributed by atoms with E-state index in [0.29, 0.717) is 11.7 Å². The van der Waals surface area contributed by atoms with Crippen molar-refractivity contribution in [2.24, 2.45) is 5.92 Å². The Balaban J connectivity index is 1.63. The van der Waals surface area contributed by atoms with Gasteiger partial charge in [0.2, 0.25) is 0 Å². The molecule has 2 aromatic rings. The van der Waals surface area contributed by atoms with E-state index in [2.05, 4.69) is 10.1 Å². The van der Waals surface area contributed by atoms with Gasteiger partial charge in [0.15, 0.2) is 5.82 Å². The molecular formula is C19H22F3N3O. The second-order valence-electron chi connectivity index (χ2n) is 7.43. The van der Waals surface area contributed by atoms with Crippen LogP contribution in [0.25, 0.3) is 5.82 Å². The molecule has 2 aromatic heterocycles. The predicted octanol–water partition coefficient (Wildman–Crippen LogP) is 4.78. The fourth-order valence-electron chi connectivity index (χ4n) is 3.81. The molecule has 140 valence electrons. The van der Waals surface area contributed by atoms with Gasteiger partial charge in [-0.25, -0.2) is 9.67 Å². The topological polar surface area (TPSA) is 50.9 Å². The van der Waals surface area contributed by atoms with Crippen LogP contribution in [-0.2, 0) is 6.18 Å². The maximum Gasteiger partial charge on any atom is 0.417 e. The van der Waals surface area contributed by atoms with Gasteiger partial charge in [-0.05, 0) is 43.7 Å². The number of aliphatic hydroxyl groups excluding tert-OH is 1. The van der Waals surface area contributed by atoms with Crippen LogP contribution in [0.15, 0.2) is 24.5 Å². The Hall–Kier alpha value is -1.89. The number of alkyl halides is 3. The fourth-order valence-corrected chi connectivity index (χ4v) is 3.81. The van der Waals surface area contributed by atoms with Crippen molar-refractivity contribution in [3.8, 4) is 5.82 Å². The Morgan fingerprint density at radius 2 is 1.81 bits per heavy atom. The summed E-state index contributed by atoms with van der Waals surface area (Å²) in [5.41, 5.74) is 0.921. The van der Waals surface area contributed by atoms with Gasteiger partial charge in [-0.3, -0.25) is 0 Å². The van der Waals surface area contributed by atoms with Gasteiger partial charge in [0.25, 0.3) is 0 Å². The van der Waals surface area contributed by atoms with Crippen LogP contribution in [0.1, 0.15) is 73.8 Å². The minimum absolute atomic E-state index is 0.236. The first-order chi connectivity index (χ1) is 12.4. The molecule has 2 aliphatic carbocycles. The highest BCUT2D eigenvalue weighted by molar-refractivity contribution is 5.33. The van der Waals surface area contributed by atoms with E-state index in [4.69, 9.17) is 0 Å². The quantitative estimate of drug-likeness (QED) is 0.848. The lowest BCUT2D eigenvalue weighted by Crippen LogP contribution is -2.16. The summed E-state index contributed by atoms with van der Waals surface area (Å²) >= 11 is 0. The summed E-state index contributed by atoms with van der Waals surface area (Å²) in [4.78, 5) is 3.92. The molecule has 2 saturated carbocycles. The summed E-state index contributed by atoms with van der Waals surface area (Å²) in [6, 6.07) is 2.33. The molecule has 2 heterocycles. The third-order valence-corrected chi connectivity index (χ3v) is 5.46. The minimum atomic E-state index is -4.41. The molecule has 0 saturated heterocycles. The molecule has 0 radical (unpaired) electrons. The lowest BCUT2D eigenvalue weighted by molar-refractivity contribution is -0.137. The van der Waals surface area contributed by atoms with Crippen molar-refractivity contribution in [3.05, 3.63) is 41.3 Å². The number of halogens is 3. The van der Waals surface area contributed by atoms with Crippen molar-refractivity contribution in [2.45, 2.75) is 63.1 Å². The molecule has 1 N–H and O–H groups in total. The molecule has 4 nitrogen and oxygen atoms in total. The van der Waals surface area contributed by atoms with Crippen LogP contribution in [0.3, 0.4) is 0 Å². The molecule has 26 heavy (non-hydrogen) atoms. The zero-order valence-corrected chi connectivity index (χ0v) is 14.4. The van der Waals surface area contributed by atoms with E-state index in [1.165, 1.54) is 17.2 Å². The van der Waals surface area contributed by atoms with E-state index >= 15 is 0 Å². The average Bonchev–Trinajstić information content (AvgIpc) is 3.40. The van der Waals surface area contributed by atoms with Crippen LogP contribution in [0.4, 0.5) is 13.2 Å². The van der Waals surface area contributed by atoms with Gasteiger partial charge in [-0.15, -0.1) is 0 Å². The second-order valence-corrected chi connectivity index (χ2v) is 7.43. The van der Waals surface area contributed by atoms with E-state index in [-0.39, 0.29) is 5.92 Å². The predicted molar refractivity (Wildman–Crippen MR) is 89.9 cm³/mol. The van der Waals surface area contributed by atoms with Crippen LogP contribution >= 0.6 is 0 Å². The molecule has 0 aromatic carbocycles. The molecule has 0 amide bonds. The van der Waals surface area contributed by atoms with Gasteiger partial charge >= 0.3 is 6.18 Å². The van der Waals surface area contributed by atoms with Gasteiger partial charge in [-0.1, -0.05) is 19.3 Å². The highest BCUT2D eigenvalue weighted by atomic mass is 19.4. The normalized spacial score (nSPS) is 20.3. The van der Waals surface area contributed by atoms with Crippen LogP contribution in [0.5, 0.6) is 0 Å². The highest BCUT2D eigenvalue weighted by Gasteiger charge is 2.35. The molecule has 1 atom stereocenters. The zero-order valence-electron chi connectivity index (χ0n) is 14.4. The largest absolute Gasteiger partial charge is 0.417 e. The van der Waals surface area contributed by atoms with Gasteiger partial charge < -0.3 is 5.11 Å². The molecule has 7 heteroatoms. The highest BCUT2D eigenvalue weighted by Crippen LogP contribution is 2.45. The van der Waals surface area contributed by atoms with Crippen molar-refractivity contribution in [1.82, 2.24) is 14.8 Å². The second kappa shape index (κ2) is 6.68. The minimum Gasteiger partial charge on any atom is -0.388 e. The molecule has 1 unspecified atom stereocenters. The van der Waals surface area contributed by atoms with Crippen LogP contribution in [-0.4, -0.2) is 19.9 Å². The smallest absolute Gasteiger partial charge is 0.388 e. The van der Waals surface area contributed by atoms with E-state index in [0.717, 1.165) is 62.0 Å². The summed E-state index contributed by atoms with van der Waals surface area (Å²) in [6.07, 6.45) is 5.20. The Morgan fingerprint density at radius 3 is 2.38 bits per heavy atom. The van der Waals surface area contributed by atoms with E-state index in [1.807, 2.05) is 0 Å². The lowest BCUT2D eigenvalue weighted by atomic mass is 9.82. The number of nitrogens with zero attached hydrogens (tertiary/aromatic N) is 3. The number of aliphatic hydroxyl groups is 1. The molecular weight excluding hydrogens is 343 g/mol. The lowest BCUT2D eigenvalue weighted by Gasteiger charge is -2.26. The number of aromatic nitrogens is 3. The Bertz CT molecular complexity index is 759. The van der Waals surface area contributed by atoms with E-state index in [1.54, 1.807) is 6.20 Å². The summed E-state index contributed by atoms with van der Waals surface area (Å²) < 4.78 is 39.7. The first-order valence-electron chi connectivity index (χ1n) is 9.24. The van der Waals surface area contributed by atoms with Crippen molar-refractivity contribution in [3.63, 3.8) is 0 Å². The first kappa shape index (κ1) is 17.5. The van der Waals surface area contributed by atoms with Gasteiger partial charge in [0.1, 0.15) is 0 Å². The van der Waals surface area contributed by atoms with Gasteiger partial charge in [0, 0.05) is 23.9 Å². The Labute approximate surface area is 150 Å².